The highest BCUT2D eigenvalue weighted by Crippen LogP contribution is 2.11. The molecule has 1 heterocycles. The second-order valence-electron chi connectivity index (χ2n) is 5.09. The zero-order chi connectivity index (χ0) is 14.2. The first-order valence-corrected chi connectivity index (χ1v) is 7.23. The Balaban J connectivity index is 1.59. The van der Waals surface area contributed by atoms with Gasteiger partial charge < -0.3 is 9.64 Å². The van der Waals surface area contributed by atoms with Crippen molar-refractivity contribution in [1.29, 1.82) is 0 Å². The largest absolute Gasteiger partial charge is 0.461 e. The van der Waals surface area contributed by atoms with E-state index >= 15 is 0 Å². The zero-order valence-electron chi connectivity index (χ0n) is 11.7. The number of esters is 1. The van der Waals surface area contributed by atoms with E-state index in [1.165, 1.54) is 0 Å². The summed E-state index contributed by atoms with van der Waals surface area (Å²) >= 11 is 0. The molecule has 4 nitrogen and oxygen atoms in total. The summed E-state index contributed by atoms with van der Waals surface area (Å²) in [5.41, 5.74) is 0.981. The van der Waals surface area contributed by atoms with Crippen LogP contribution in [0.15, 0.2) is 30.3 Å². The van der Waals surface area contributed by atoms with Crippen LogP contribution in [0.4, 0.5) is 0 Å². The van der Waals surface area contributed by atoms with Crippen molar-refractivity contribution in [1.82, 2.24) is 4.90 Å². The first-order chi connectivity index (χ1) is 9.75. The normalized spacial score (nSPS) is 14.3. The maximum atomic E-state index is 11.8. The van der Waals surface area contributed by atoms with E-state index in [1.54, 1.807) is 0 Å². The fourth-order valence-corrected chi connectivity index (χ4v) is 2.32. The van der Waals surface area contributed by atoms with Crippen molar-refractivity contribution in [2.75, 3.05) is 13.1 Å². The summed E-state index contributed by atoms with van der Waals surface area (Å²) in [5, 5.41) is 0. The molecule has 0 bridgehead atoms. The Labute approximate surface area is 119 Å². The number of nitrogens with zero attached hydrogens (tertiary/aromatic N) is 1. The van der Waals surface area contributed by atoms with Crippen LogP contribution in [0.3, 0.4) is 0 Å². The third kappa shape index (κ3) is 4.68. The number of hydrogen-bond donors (Lipinski definition) is 0. The Morgan fingerprint density at radius 2 is 1.75 bits per heavy atom. The number of hydrogen-bond acceptors (Lipinski definition) is 3. The Hall–Kier alpha value is -1.84. The number of benzene rings is 1. The van der Waals surface area contributed by atoms with E-state index in [1.807, 2.05) is 35.2 Å². The molecule has 20 heavy (non-hydrogen) atoms. The van der Waals surface area contributed by atoms with Crippen LogP contribution in [-0.2, 0) is 20.9 Å². The average molecular weight is 275 g/mol. The van der Waals surface area contributed by atoms with Gasteiger partial charge in [0.2, 0.25) is 5.91 Å². The van der Waals surface area contributed by atoms with E-state index in [9.17, 15) is 9.59 Å². The van der Waals surface area contributed by atoms with Crippen molar-refractivity contribution in [3.8, 4) is 0 Å². The molecule has 108 valence electrons. The van der Waals surface area contributed by atoms with Crippen molar-refractivity contribution in [2.45, 2.75) is 38.7 Å². The predicted octanol–water partition coefficient (Wildman–Crippen LogP) is 2.52. The van der Waals surface area contributed by atoms with Crippen LogP contribution in [0.2, 0.25) is 0 Å². The van der Waals surface area contributed by atoms with E-state index in [4.69, 9.17) is 4.74 Å². The molecule has 1 aliphatic heterocycles. The molecule has 0 aromatic heterocycles. The summed E-state index contributed by atoms with van der Waals surface area (Å²) in [6.45, 7) is 2.05. The third-order valence-electron chi connectivity index (χ3n) is 3.47. The van der Waals surface area contributed by atoms with Crippen molar-refractivity contribution >= 4 is 11.9 Å². The number of carbonyl (C=O) groups excluding carboxylic acids is 2. The van der Waals surface area contributed by atoms with Crippen molar-refractivity contribution < 1.29 is 14.3 Å². The topological polar surface area (TPSA) is 46.6 Å². The quantitative estimate of drug-likeness (QED) is 0.749. The zero-order valence-corrected chi connectivity index (χ0v) is 11.7. The second-order valence-corrected chi connectivity index (χ2v) is 5.09. The maximum absolute atomic E-state index is 11.8. The first kappa shape index (κ1) is 14.6. The Morgan fingerprint density at radius 3 is 2.45 bits per heavy atom. The van der Waals surface area contributed by atoms with E-state index in [0.29, 0.717) is 25.9 Å². The fourth-order valence-electron chi connectivity index (χ4n) is 2.32. The van der Waals surface area contributed by atoms with Gasteiger partial charge in [-0.2, -0.15) is 0 Å². The Kier molecular flexibility index (Phi) is 5.59. The Morgan fingerprint density at radius 1 is 1.05 bits per heavy atom. The molecule has 2 rings (SSSR count). The van der Waals surface area contributed by atoms with Gasteiger partial charge in [-0.1, -0.05) is 30.3 Å². The van der Waals surface area contributed by atoms with Crippen LogP contribution in [0.1, 0.15) is 37.7 Å². The summed E-state index contributed by atoms with van der Waals surface area (Å²) in [4.78, 5) is 25.2. The second kappa shape index (κ2) is 7.68. The molecule has 1 aliphatic rings. The minimum atomic E-state index is -0.233. The van der Waals surface area contributed by atoms with Crippen molar-refractivity contribution in [2.24, 2.45) is 0 Å². The molecule has 0 N–H and O–H groups in total. The van der Waals surface area contributed by atoms with Crippen molar-refractivity contribution in [3.05, 3.63) is 35.9 Å². The molecule has 0 atom stereocenters. The van der Waals surface area contributed by atoms with Gasteiger partial charge in [0.05, 0.1) is 0 Å². The van der Waals surface area contributed by atoms with Gasteiger partial charge in [-0.15, -0.1) is 0 Å². The SMILES string of the molecule is O=C(CCCC(=O)N1CCCC1)OCc1ccccc1. The number of amides is 1. The number of carbonyl (C=O) groups is 2. The Bertz CT molecular complexity index is 438. The lowest BCUT2D eigenvalue weighted by Gasteiger charge is -2.14. The lowest BCUT2D eigenvalue weighted by Crippen LogP contribution is -2.27. The minimum absolute atomic E-state index is 0.165. The predicted molar refractivity (Wildman–Crippen MR) is 75.9 cm³/mol. The summed E-state index contributed by atoms with van der Waals surface area (Å²) < 4.78 is 5.17. The molecule has 1 saturated heterocycles. The van der Waals surface area contributed by atoms with Gasteiger partial charge in [-0.05, 0) is 24.8 Å². The molecule has 1 aromatic carbocycles. The molecule has 1 amide bonds. The molecule has 0 spiro atoms. The number of rotatable bonds is 6. The van der Waals surface area contributed by atoms with E-state index in [2.05, 4.69) is 0 Å². The van der Waals surface area contributed by atoms with E-state index in [0.717, 1.165) is 31.5 Å². The van der Waals surface area contributed by atoms with Crippen LogP contribution in [0.25, 0.3) is 0 Å². The third-order valence-corrected chi connectivity index (χ3v) is 3.47. The van der Waals surface area contributed by atoms with Gasteiger partial charge in [0, 0.05) is 25.9 Å². The molecule has 1 fully saturated rings. The van der Waals surface area contributed by atoms with Gasteiger partial charge in [-0.25, -0.2) is 0 Å². The molecule has 4 heteroatoms. The maximum Gasteiger partial charge on any atom is 0.306 e. The van der Waals surface area contributed by atoms with Crippen LogP contribution in [0, 0.1) is 0 Å². The lowest BCUT2D eigenvalue weighted by atomic mass is 10.2. The smallest absolute Gasteiger partial charge is 0.306 e. The van der Waals surface area contributed by atoms with Crippen LogP contribution in [0.5, 0.6) is 0 Å². The van der Waals surface area contributed by atoms with E-state index in [-0.39, 0.29) is 11.9 Å². The summed E-state index contributed by atoms with van der Waals surface area (Å²) in [6, 6.07) is 9.60. The van der Waals surface area contributed by atoms with Gasteiger partial charge >= 0.3 is 5.97 Å². The van der Waals surface area contributed by atoms with Crippen molar-refractivity contribution in [3.63, 3.8) is 0 Å². The molecule has 0 aliphatic carbocycles. The van der Waals surface area contributed by atoms with Crippen LogP contribution < -0.4 is 0 Å². The van der Waals surface area contributed by atoms with Gasteiger partial charge in [0.25, 0.3) is 0 Å². The highest BCUT2D eigenvalue weighted by atomic mass is 16.5. The van der Waals surface area contributed by atoms with Gasteiger partial charge in [0.15, 0.2) is 0 Å². The van der Waals surface area contributed by atoms with Crippen LogP contribution >= 0.6 is 0 Å². The van der Waals surface area contributed by atoms with Gasteiger partial charge in [0.1, 0.15) is 6.61 Å². The van der Waals surface area contributed by atoms with Crippen LogP contribution in [-0.4, -0.2) is 29.9 Å². The molecule has 1 aromatic rings. The summed E-state index contributed by atoms with van der Waals surface area (Å²) in [5.74, 6) is -0.0681. The fraction of sp³-hybridized carbons (Fsp3) is 0.500. The monoisotopic (exact) mass is 275 g/mol. The minimum Gasteiger partial charge on any atom is -0.461 e. The number of likely N-dealkylation sites (tertiary alicyclic amines) is 1. The highest BCUT2D eigenvalue weighted by Gasteiger charge is 2.17. The lowest BCUT2D eigenvalue weighted by molar-refractivity contribution is -0.145. The average Bonchev–Trinajstić information content (AvgIpc) is 3.00. The summed E-state index contributed by atoms with van der Waals surface area (Å²) in [7, 11) is 0. The molecule has 0 saturated carbocycles. The highest BCUT2D eigenvalue weighted by molar-refractivity contribution is 5.77. The van der Waals surface area contributed by atoms with Gasteiger partial charge in [-0.3, -0.25) is 9.59 Å². The molecule has 0 radical (unpaired) electrons. The standard InChI is InChI=1S/C16H21NO3/c18-15(17-11-4-5-12-17)9-6-10-16(19)20-13-14-7-2-1-3-8-14/h1-3,7-8H,4-6,9-13H2. The molecule has 0 unspecified atom stereocenters. The molecular weight excluding hydrogens is 254 g/mol. The summed E-state index contributed by atoms with van der Waals surface area (Å²) in [6.07, 6.45) is 3.53. The van der Waals surface area contributed by atoms with E-state index < -0.39 is 0 Å². The molecular formula is C16H21NO3. The number of ether oxygens (including phenoxy) is 1. The first-order valence-electron chi connectivity index (χ1n) is 7.23.